The summed E-state index contributed by atoms with van der Waals surface area (Å²) in [7, 11) is 2.18. The molecule has 1 aromatic carbocycles. The number of hydrogen-bond acceptors (Lipinski definition) is 4. The minimum atomic E-state index is 0.655. The number of benzene rings is 1. The summed E-state index contributed by atoms with van der Waals surface area (Å²) in [6.45, 7) is 6.98. The highest BCUT2D eigenvalue weighted by Gasteiger charge is 2.23. The second-order valence-corrected chi connectivity index (χ2v) is 5.96. The summed E-state index contributed by atoms with van der Waals surface area (Å²) in [5.41, 5.74) is 9.32. The number of piperazine rings is 1. The summed E-state index contributed by atoms with van der Waals surface area (Å²) < 4.78 is 2.09. The van der Waals surface area contributed by atoms with Gasteiger partial charge >= 0.3 is 0 Å². The van der Waals surface area contributed by atoms with E-state index in [0.29, 0.717) is 6.54 Å². The van der Waals surface area contributed by atoms with Crippen LogP contribution in [0, 0.1) is 6.92 Å². The summed E-state index contributed by atoms with van der Waals surface area (Å²) in [6.07, 6.45) is 0.875. The van der Waals surface area contributed by atoms with Crippen LogP contribution in [0.4, 0.5) is 5.82 Å². The molecule has 0 amide bonds. The first-order valence-corrected chi connectivity index (χ1v) is 7.98. The van der Waals surface area contributed by atoms with Crippen molar-refractivity contribution in [3.05, 3.63) is 41.6 Å². The third kappa shape index (κ3) is 2.87. The van der Waals surface area contributed by atoms with Gasteiger partial charge in [-0.2, -0.15) is 5.10 Å². The fraction of sp³-hybridized carbons (Fsp3) is 0.471. The summed E-state index contributed by atoms with van der Waals surface area (Å²) in [5, 5.41) is 4.80. The molecule has 0 aliphatic carbocycles. The van der Waals surface area contributed by atoms with Crippen LogP contribution in [0.25, 0.3) is 5.69 Å². The average Bonchev–Trinajstić information content (AvgIpc) is 2.87. The summed E-state index contributed by atoms with van der Waals surface area (Å²) in [6, 6.07) is 10.4. The molecule has 2 heterocycles. The van der Waals surface area contributed by atoms with E-state index < -0.39 is 0 Å². The molecule has 0 spiro atoms. The Balaban J connectivity index is 2.04. The van der Waals surface area contributed by atoms with E-state index >= 15 is 0 Å². The molecule has 1 fully saturated rings. The van der Waals surface area contributed by atoms with E-state index in [2.05, 4.69) is 52.7 Å². The molecule has 0 saturated carbocycles. The molecule has 1 aliphatic heterocycles. The molecule has 1 aliphatic rings. The third-order valence-corrected chi connectivity index (χ3v) is 4.36. The maximum absolute atomic E-state index is 5.83. The third-order valence-electron chi connectivity index (χ3n) is 4.36. The zero-order valence-corrected chi connectivity index (χ0v) is 13.5. The quantitative estimate of drug-likeness (QED) is 0.928. The van der Waals surface area contributed by atoms with Gasteiger partial charge in [-0.05, 0) is 39.1 Å². The van der Waals surface area contributed by atoms with E-state index in [0.717, 1.165) is 44.0 Å². The SMILES string of the molecule is Cc1nn(-c2ccccc2)c(N2CCN(C)CC2)c1CCN. The smallest absolute Gasteiger partial charge is 0.135 e. The molecule has 1 saturated heterocycles. The topological polar surface area (TPSA) is 50.3 Å². The van der Waals surface area contributed by atoms with Crippen molar-refractivity contribution < 1.29 is 0 Å². The maximum atomic E-state index is 5.83. The molecule has 118 valence electrons. The number of nitrogens with zero attached hydrogens (tertiary/aromatic N) is 4. The zero-order chi connectivity index (χ0) is 15.5. The molecular formula is C17H25N5. The molecule has 3 rings (SSSR count). The first-order valence-electron chi connectivity index (χ1n) is 7.98. The van der Waals surface area contributed by atoms with E-state index in [9.17, 15) is 0 Å². The van der Waals surface area contributed by atoms with Crippen LogP contribution >= 0.6 is 0 Å². The van der Waals surface area contributed by atoms with Crippen LogP contribution in [-0.4, -0.2) is 54.5 Å². The zero-order valence-electron chi connectivity index (χ0n) is 13.5. The number of aryl methyl sites for hydroxylation is 1. The Labute approximate surface area is 132 Å². The Bertz CT molecular complexity index is 611. The number of likely N-dealkylation sites (N-methyl/N-ethyl adjacent to an activating group) is 1. The van der Waals surface area contributed by atoms with Crippen molar-refractivity contribution >= 4 is 5.82 Å². The first-order chi connectivity index (χ1) is 10.7. The summed E-state index contributed by atoms with van der Waals surface area (Å²) in [4.78, 5) is 4.83. The van der Waals surface area contributed by atoms with E-state index in [4.69, 9.17) is 10.8 Å². The molecule has 5 nitrogen and oxygen atoms in total. The van der Waals surface area contributed by atoms with E-state index in [-0.39, 0.29) is 0 Å². The van der Waals surface area contributed by atoms with Crippen LogP contribution in [0.3, 0.4) is 0 Å². The van der Waals surface area contributed by atoms with Gasteiger partial charge in [0.25, 0.3) is 0 Å². The lowest BCUT2D eigenvalue weighted by atomic mass is 10.1. The lowest BCUT2D eigenvalue weighted by molar-refractivity contribution is 0.311. The largest absolute Gasteiger partial charge is 0.354 e. The van der Waals surface area contributed by atoms with Crippen LogP contribution in [0.2, 0.25) is 0 Å². The number of nitrogens with two attached hydrogens (primary N) is 1. The first kappa shape index (κ1) is 15.1. The van der Waals surface area contributed by atoms with Crippen LogP contribution < -0.4 is 10.6 Å². The Kier molecular flexibility index (Phi) is 4.45. The maximum Gasteiger partial charge on any atom is 0.135 e. The predicted molar refractivity (Wildman–Crippen MR) is 90.8 cm³/mol. The van der Waals surface area contributed by atoms with Gasteiger partial charge in [-0.25, -0.2) is 4.68 Å². The Morgan fingerprint density at radius 3 is 2.41 bits per heavy atom. The molecular weight excluding hydrogens is 274 g/mol. The number of para-hydroxylation sites is 1. The molecule has 22 heavy (non-hydrogen) atoms. The van der Waals surface area contributed by atoms with Crippen molar-refractivity contribution in [3.63, 3.8) is 0 Å². The second-order valence-electron chi connectivity index (χ2n) is 5.96. The Morgan fingerprint density at radius 1 is 1.09 bits per heavy atom. The standard InChI is InChI=1S/C17H25N5/c1-14-16(8-9-18)17(21-12-10-20(2)11-13-21)22(19-14)15-6-4-3-5-7-15/h3-7H,8-13,18H2,1-2H3. The Morgan fingerprint density at radius 2 is 1.77 bits per heavy atom. The van der Waals surface area contributed by atoms with Gasteiger partial charge in [-0.3, -0.25) is 0 Å². The van der Waals surface area contributed by atoms with Crippen molar-refractivity contribution in [2.24, 2.45) is 5.73 Å². The van der Waals surface area contributed by atoms with Gasteiger partial charge in [-0.15, -0.1) is 0 Å². The average molecular weight is 299 g/mol. The van der Waals surface area contributed by atoms with Crippen LogP contribution in [0.1, 0.15) is 11.3 Å². The van der Waals surface area contributed by atoms with Gasteiger partial charge in [0.05, 0.1) is 11.4 Å². The van der Waals surface area contributed by atoms with E-state index in [1.165, 1.54) is 11.4 Å². The van der Waals surface area contributed by atoms with Gasteiger partial charge in [0.2, 0.25) is 0 Å². The van der Waals surface area contributed by atoms with Gasteiger partial charge in [0, 0.05) is 31.7 Å². The van der Waals surface area contributed by atoms with Gasteiger partial charge in [-0.1, -0.05) is 18.2 Å². The second kappa shape index (κ2) is 6.50. The van der Waals surface area contributed by atoms with Crippen molar-refractivity contribution in [1.82, 2.24) is 14.7 Å². The molecule has 0 atom stereocenters. The van der Waals surface area contributed by atoms with Crippen LogP contribution in [0.15, 0.2) is 30.3 Å². The van der Waals surface area contributed by atoms with Gasteiger partial charge in [0.15, 0.2) is 0 Å². The fourth-order valence-electron chi connectivity index (χ4n) is 3.08. The number of rotatable bonds is 4. The van der Waals surface area contributed by atoms with E-state index in [1.807, 2.05) is 6.07 Å². The highest BCUT2D eigenvalue weighted by molar-refractivity contribution is 5.55. The van der Waals surface area contributed by atoms with Crippen molar-refractivity contribution in [2.45, 2.75) is 13.3 Å². The number of aromatic nitrogens is 2. The minimum Gasteiger partial charge on any atom is -0.354 e. The lowest BCUT2D eigenvalue weighted by Crippen LogP contribution is -2.45. The predicted octanol–water partition coefficient (Wildman–Crippen LogP) is 1.43. The molecule has 5 heteroatoms. The monoisotopic (exact) mass is 299 g/mol. The number of hydrogen-bond donors (Lipinski definition) is 1. The Hall–Kier alpha value is -1.85. The molecule has 2 aromatic rings. The summed E-state index contributed by atoms with van der Waals surface area (Å²) in [5.74, 6) is 1.22. The minimum absolute atomic E-state index is 0.655. The molecule has 2 N–H and O–H groups in total. The normalized spacial score (nSPS) is 16.2. The molecule has 0 radical (unpaired) electrons. The molecule has 1 aromatic heterocycles. The van der Waals surface area contributed by atoms with Crippen molar-refractivity contribution in [1.29, 1.82) is 0 Å². The number of anilines is 1. The molecule has 0 unspecified atom stereocenters. The van der Waals surface area contributed by atoms with E-state index in [1.54, 1.807) is 0 Å². The van der Waals surface area contributed by atoms with Crippen LogP contribution in [0.5, 0.6) is 0 Å². The summed E-state index contributed by atoms with van der Waals surface area (Å²) >= 11 is 0. The fourth-order valence-corrected chi connectivity index (χ4v) is 3.08. The van der Waals surface area contributed by atoms with Crippen molar-refractivity contribution in [3.8, 4) is 5.69 Å². The molecule has 0 bridgehead atoms. The van der Waals surface area contributed by atoms with Gasteiger partial charge in [0.1, 0.15) is 5.82 Å². The van der Waals surface area contributed by atoms with Crippen molar-refractivity contribution in [2.75, 3.05) is 44.7 Å². The highest BCUT2D eigenvalue weighted by Crippen LogP contribution is 2.28. The van der Waals surface area contributed by atoms with Gasteiger partial charge < -0.3 is 15.5 Å². The lowest BCUT2D eigenvalue weighted by Gasteiger charge is -2.34. The highest BCUT2D eigenvalue weighted by atomic mass is 15.4. The van der Waals surface area contributed by atoms with Crippen LogP contribution in [-0.2, 0) is 6.42 Å².